The third kappa shape index (κ3) is 4.27. The summed E-state index contributed by atoms with van der Waals surface area (Å²) in [5.41, 5.74) is 4.13. The fraction of sp³-hybridized carbons (Fsp3) is 0.167. The Morgan fingerprint density at radius 2 is 1.88 bits per heavy atom. The number of nitrogens with one attached hydrogen (secondary N) is 1. The highest BCUT2D eigenvalue weighted by molar-refractivity contribution is 7.89. The minimum atomic E-state index is -3.79. The van der Waals surface area contributed by atoms with Crippen LogP contribution in [0.25, 0.3) is 10.2 Å². The summed E-state index contributed by atoms with van der Waals surface area (Å²) in [7, 11) is -3.79. The van der Waals surface area contributed by atoms with Gasteiger partial charge in [0, 0.05) is 13.1 Å². The number of nitrogens with zero attached hydrogens (tertiary/aromatic N) is 2. The van der Waals surface area contributed by atoms with Gasteiger partial charge in [-0.25, -0.2) is 13.4 Å². The number of benzene rings is 3. The van der Waals surface area contributed by atoms with E-state index in [0.29, 0.717) is 24.6 Å². The molecule has 5 rings (SSSR count). The average Bonchev–Trinajstić information content (AvgIpc) is 3.20. The fourth-order valence-electron chi connectivity index (χ4n) is 3.91. The van der Waals surface area contributed by atoms with Crippen molar-refractivity contribution in [2.45, 2.75) is 24.8 Å². The minimum Gasteiger partial charge on any atom is -0.298 e. The van der Waals surface area contributed by atoms with Gasteiger partial charge in [-0.2, -0.15) is 4.31 Å². The number of carbonyl (C=O) groups excluding carboxylic acids is 1. The van der Waals surface area contributed by atoms with Crippen LogP contribution in [0.3, 0.4) is 0 Å². The number of aryl methyl sites for hydroxylation is 1. The van der Waals surface area contributed by atoms with Crippen molar-refractivity contribution in [1.29, 1.82) is 0 Å². The molecule has 2 heterocycles. The SMILES string of the molecule is Cc1ccc2nc(NC(=O)c3cc(S(=O)(=O)N4CCc5ccccc5C4)ccc3Cl)sc2c1. The molecule has 0 aliphatic carbocycles. The van der Waals surface area contributed by atoms with Crippen LogP contribution in [0.1, 0.15) is 27.0 Å². The lowest BCUT2D eigenvalue weighted by molar-refractivity contribution is 0.102. The first kappa shape index (κ1) is 22.0. The number of carbonyl (C=O) groups is 1. The summed E-state index contributed by atoms with van der Waals surface area (Å²) in [6.07, 6.45) is 0.646. The van der Waals surface area contributed by atoms with Gasteiger partial charge in [0.25, 0.3) is 5.91 Å². The minimum absolute atomic E-state index is 0.0383. The topological polar surface area (TPSA) is 79.4 Å². The molecule has 6 nitrogen and oxygen atoms in total. The Balaban J connectivity index is 1.42. The van der Waals surface area contributed by atoms with E-state index in [9.17, 15) is 13.2 Å². The Labute approximate surface area is 200 Å². The molecule has 0 saturated heterocycles. The molecule has 0 fully saturated rings. The molecule has 1 aromatic heterocycles. The summed E-state index contributed by atoms with van der Waals surface area (Å²) in [6, 6.07) is 17.9. The number of sulfonamides is 1. The van der Waals surface area contributed by atoms with Crippen molar-refractivity contribution in [2.75, 3.05) is 11.9 Å². The number of thiazole rings is 1. The van der Waals surface area contributed by atoms with Crippen molar-refractivity contribution in [1.82, 2.24) is 9.29 Å². The second kappa shape index (κ2) is 8.53. The largest absolute Gasteiger partial charge is 0.298 e. The molecule has 1 aliphatic rings. The summed E-state index contributed by atoms with van der Waals surface area (Å²) in [4.78, 5) is 17.4. The zero-order valence-corrected chi connectivity index (χ0v) is 20.1. The predicted molar refractivity (Wildman–Crippen MR) is 132 cm³/mol. The monoisotopic (exact) mass is 497 g/mol. The van der Waals surface area contributed by atoms with E-state index >= 15 is 0 Å². The molecule has 4 aromatic rings. The normalized spacial score (nSPS) is 14.2. The van der Waals surface area contributed by atoms with Crippen LogP contribution >= 0.6 is 22.9 Å². The third-order valence-corrected chi connectivity index (χ3v) is 8.78. The maximum Gasteiger partial charge on any atom is 0.259 e. The van der Waals surface area contributed by atoms with Gasteiger partial charge >= 0.3 is 0 Å². The fourth-order valence-corrected chi connectivity index (χ4v) is 6.52. The van der Waals surface area contributed by atoms with Crippen molar-refractivity contribution in [3.63, 3.8) is 0 Å². The van der Waals surface area contributed by atoms with Gasteiger partial charge in [-0.3, -0.25) is 10.1 Å². The number of rotatable bonds is 4. The molecule has 1 N–H and O–H groups in total. The first-order valence-electron chi connectivity index (χ1n) is 10.4. The Morgan fingerprint density at radius 3 is 2.70 bits per heavy atom. The molecular weight excluding hydrogens is 478 g/mol. The van der Waals surface area contributed by atoms with E-state index in [1.54, 1.807) is 0 Å². The Bertz CT molecular complexity index is 1500. The Kier molecular flexibility index (Phi) is 5.70. The van der Waals surface area contributed by atoms with Gasteiger partial charge in [0.2, 0.25) is 10.0 Å². The molecule has 33 heavy (non-hydrogen) atoms. The molecule has 1 amide bonds. The molecule has 0 radical (unpaired) electrons. The second-order valence-corrected chi connectivity index (χ2v) is 11.3. The van der Waals surface area contributed by atoms with E-state index in [1.165, 1.54) is 33.8 Å². The number of halogens is 1. The van der Waals surface area contributed by atoms with E-state index in [4.69, 9.17) is 11.6 Å². The lowest BCUT2D eigenvalue weighted by atomic mass is 10.0. The van der Waals surface area contributed by atoms with Gasteiger partial charge in [0.1, 0.15) is 0 Å². The van der Waals surface area contributed by atoms with Gasteiger partial charge in [0.05, 0.1) is 25.7 Å². The van der Waals surface area contributed by atoms with E-state index < -0.39 is 15.9 Å². The maximum atomic E-state index is 13.3. The lowest BCUT2D eigenvalue weighted by Crippen LogP contribution is -2.36. The molecule has 0 atom stereocenters. The molecular formula is C24H20ClN3O3S2. The summed E-state index contributed by atoms with van der Waals surface area (Å²) in [5.74, 6) is -0.503. The lowest BCUT2D eigenvalue weighted by Gasteiger charge is -2.28. The number of amides is 1. The van der Waals surface area contributed by atoms with Gasteiger partial charge in [-0.1, -0.05) is 53.3 Å². The standard InChI is InChI=1S/C24H20ClN3O3S2/c1-15-6-9-21-22(12-15)32-24(26-21)27-23(29)19-13-18(7-8-20(19)25)33(30,31)28-11-10-16-4-2-3-5-17(16)14-28/h2-9,12-13H,10-11,14H2,1H3,(H,26,27,29). The van der Waals surface area contributed by atoms with Crippen molar-refractivity contribution < 1.29 is 13.2 Å². The number of hydrogen-bond donors (Lipinski definition) is 1. The molecule has 3 aromatic carbocycles. The van der Waals surface area contributed by atoms with E-state index in [-0.39, 0.29) is 15.5 Å². The number of anilines is 1. The van der Waals surface area contributed by atoms with Crippen molar-refractivity contribution in [3.8, 4) is 0 Å². The van der Waals surface area contributed by atoms with Crippen LogP contribution in [0.2, 0.25) is 5.02 Å². The van der Waals surface area contributed by atoms with Crippen LogP contribution in [0.4, 0.5) is 5.13 Å². The Hall–Kier alpha value is -2.78. The van der Waals surface area contributed by atoms with Crippen LogP contribution in [-0.2, 0) is 23.0 Å². The van der Waals surface area contributed by atoms with Crippen LogP contribution in [0, 0.1) is 6.92 Å². The van der Waals surface area contributed by atoms with Gasteiger partial charge < -0.3 is 0 Å². The summed E-state index contributed by atoms with van der Waals surface area (Å²) < 4.78 is 29.1. The first-order valence-corrected chi connectivity index (χ1v) is 13.0. The third-order valence-electron chi connectivity index (χ3n) is 5.68. The van der Waals surface area contributed by atoms with Crippen LogP contribution < -0.4 is 5.32 Å². The highest BCUT2D eigenvalue weighted by Crippen LogP contribution is 2.30. The molecule has 9 heteroatoms. The van der Waals surface area contributed by atoms with E-state index in [1.807, 2.05) is 49.4 Å². The summed E-state index contributed by atoms with van der Waals surface area (Å²) >= 11 is 7.63. The summed E-state index contributed by atoms with van der Waals surface area (Å²) in [6.45, 7) is 2.67. The zero-order valence-electron chi connectivity index (χ0n) is 17.7. The average molecular weight is 498 g/mol. The molecule has 0 bridgehead atoms. The van der Waals surface area contributed by atoms with Crippen LogP contribution in [0.15, 0.2) is 65.6 Å². The molecule has 0 saturated carbocycles. The zero-order chi connectivity index (χ0) is 23.2. The molecule has 168 valence electrons. The number of fused-ring (bicyclic) bond motifs is 2. The molecule has 1 aliphatic heterocycles. The van der Waals surface area contributed by atoms with Crippen molar-refractivity contribution in [3.05, 3.63) is 87.9 Å². The van der Waals surface area contributed by atoms with Gasteiger partial charge in [-0.15, -0.1) is 0 Å². The quantitative estimate of drug-likeness (QED) is 0.417. The summed E-state index contributed by atoms with van der Waals surface area (Å²) in [5, 5.41) is 3.36. The highest BCUT2D eigenvalue weighted by atomic mass is 35.5. The molecule has 0 unspecified atom stereocenters. The predicted octanol–water partition coefficient (Wildman–Crippen LogP) is 5.26. The maximum absolute atomic E-state index is 13.3. The second-order valence-electron chi connectivity index (χ2n) is 7.94. The Morgan fingerprint density at radius 1 is 1.09 bits per heavy atom. The van der Waals surface area contributed by atoms with Crippen LogP contribution in [0.5, 0.6) is 0 Å². The van der Waals surface area contributed by atoms with Gasteiger partial charge in [0.15, 0.2) is 5.13 Å². The van der Waals surface area contributed by atoms with Crippen molar-refractivity contribution in [2.24, 2.45) is 0 Å². The van der Waals surface area contributed by atoms with E-state index in [2.05, 4.69) is 10.3 Å². The van der Waals surface area contributed by atoms with E-state index in [0.717, 1.165) is 26.9 Å². The highest BCUT2D eigenvalue weighted by Gasteiger charge is 2.29. The van der Waals surface area contributed by atoms with Crippen molar-refractivity contribution >= 4 is 54.2 Å². The van der Waals surface area contributed by atoms with Gasteiger partial charge in [-0.05, 0) is 60.4 Å². The number of hydrogen-bond acceptors (Lipinski definition) is 5. The first-order chi connectivity index (χ1) is 15.8. The molecule has 0 spiro atoms. The smallest absolute Gasteiger partial charge is 0.259 e. The number of aromatic nitrogens is 1. The van der Waals surface area contributed by atoms with Crippen LogP contribution in [-0.4, -0.2) is 30.2 Å².